The number of carbonyl (C=O) groups is 2. The fraction of sp³-hybridized carbons (Fsp3) is 0.391. The van der Waals surface area contributed by atoms with Crippen molar-refractivity contribution in [3.63, 3.8) is 0 Å². The Labute approximate surface area is 180 Å². The van der Waals surface area contributed by atoms with E-state index in [0.29, 0.717) is 59.7 Å². The van der Waals surface area contributed by atoms with Gasteiger partial charge in [-0.2, -0.15) is 0 Å². The summed E-state index contributed by atoms with van der Waals surface area (Å²) in [6.45, 7) is 3.24. The van der Waals surface area contributed by atoms with Gasteiger partial charge in [0.1, 0.15) is 18.2 Å². The van der Waals surface area contributed by atoms with Crippen molar-refractivity contribution >= 4 is 12.1 Å². The molecule has 0 aliphatic carbocycles. The molecule has 2 aromatic carbocycles. The molecule has 0 spiro atoms. The summed E-state index contributed by atoms with van der Waals surface area (Å²) in [6.07, 6.45) is -0.268. The highest BCUT2D eigenvalue weighted by Crippen LogP contribution is 2.38. The van der Waals surface area contributed by atoms with Crippen LogP contribution in [0, 0.1) is 5.82 Å². The number of benzene rings is 2. The molecule has 2 aromatic rings. The van der Waals surface area contributed by atoms with E-state index in [1.54, 1.807) is 24.3 Å². The fourth-order valence-corrected chi connectivity index (χ4v) is 3.70. The number of aliphatic carboxylic acids is 1. The van der Waals surface area contributed by atoms with Crippen molar-refractivity contribution < 1.29 is 33.3 Å². The van der Waals surface area contributed by atoms with Gasteiger partial charge in [0, 0.05) is 25.8 Å². The number of halogens is 1. The number of fused-ring (bicyclic) bond motifs is 1. The smallest absolute Gasteiger partial charge is 0.410 e. The standard InChI is InChI=1S/C23H26FNO6/c1-3-30-21-7-4-15(13-22(26)27)12-18(21)16-5-6-20(24)17-8-9-25(14-19(16)17)23(28)31-11-10-29-2/h4-7,12H,3,8-11,13-14H2,1-2H3,(H,26,27). The Morgan fingerprint density at radius 3 is 2.65 bits per heavy atom. The van der Waals surface area contributed by atoms with Gasteiger partial charge in [-0.25, -0.2) is 9.18 Å². The predicted molar refractivity (Wildman–Crippen MR) is 112 cm³/mol. The molecular weight excluding hydrogens is 405 g/mol. The van der Waals surface area contributed by atoms with Gasteiger partial charge < -0.3 is 24.2 Å². The van der Waals surface area contributed by atoms with Crippen LogP contribution in [0.25, 0.3) is 11.1 Å². The van der Waals surface area contributed by atoms with Crippen molar-refractivity contribution in [3.05, 3.63) is 52.8 Å². The Kier molecular flexibility index (Phi) is 7.46. The zero-order valence-corrected chi connectivity index (χ0v) is 17.7. The maximum absolute atomic E-state index is 14.6. The lowest BCUT2D eigenvalue weighted by Crippen LogP contribution is -2.37. The van der Waals surface area contributed by atoms with Gasteiger partial charge >= 0.3 is 12.1 Å². The number of amides is 1. The molecule has 7 nitrogen and oxygen atoms in total. The minimum Gasteiger partial charge on any atom is -0.493 e. The monoisotopic (exact) mass is 431 g/mol. The second-order valence-corrected chi connectivity index (χ2v) is 7.16. The van der Waals surface area contributed by atoms with Gasteiger partial charge in [-0.3, -0.25) is 4.79 Å². The number of hydrogen-bond acceptors (Lipinski definition) is 5. The number of carboxylic acids is 1. The maximum atomic E-state index is 14.6. The first kappa shape index (κ1) is 22.6. The summed E-state index contributed by atoms with van der Waals surface area (Å²) in [6, 6.07) is 8.24. The second-order valence-electron chi connectivity index (χ2n) is 7.16. The van der Waals surface area contributed by atoms with Gasteiger partial charge in [0.15, 0.2) is 0 Å². The van der Waals surface area contributed by atoms with Crippen molar-refractivity contribution in [2.24, 2.45) is 0 Å². The average Bonchev–Trinajstić information content (AvgIpc) is 2.75. The summed E-state index contributed by atoms with van der Waals surface area (Å²) in [5, 5.41) is 9.17. The molecule has 0 fully saturated rings. The van der Waals surface area contributed by atoms with Crippen LogP contribution in [0.4, 0.5) is 9.18 Å². The van der Waals surface area contributed by atoms with Crippen molar-refractivity contribution in [1.29, 1.82) is 0 Å². The molecule has 1 N–H and O–H groups in total. The van der Waals surface area contributed by atoms with Gasteiger partial charge in [-0.1, -0.05) is 12.1 Å². The summed E-state index contributed by atoms with van der Waals surface area (Å²) < 4.78 is 30.5. The van der Waals surface area contributed by atoms with Gasteiger partial charge in [0.05, 0.1) is 19.6 Å². The van der Waals surface area contributed by atoms with Crippen LogP contribution in [0.3, 0.4) is 0 Å². The Balaban J connectivity index is 2.00. The largest absolute Gasteiger partial charge is 0.493 e. The third-order valence-corrected chi connectivity index (χ3v) is 5.12. The number of nitrogens with zero attached hydrogens (tertiary/aromatic N) is 1. The van der Waals surface area contributed by atoms with Crippen LogP contribution in [-0.4, -0.2) is 55.5 Å². The lowest BCUT2D eigenvalue weighted by atomic mass is 9.89. The number of hydrogen-bond donors (Lipinski definition) is 1. The number of ether oxygens (including phenoxy) is 3. The first-order valence-corrected chi connectivity index (χ1v) is 10.1. The predicted octanol–water partition coefficient (Wildman–Crippen LogP) is 3.66. The number of carboxylic acid groups (broad SMARTS) is 1. The molecule has 0 radical (unpaired) electrons. The van der Waals surface area contributed by atoms with Crippen molar-refractivity contribution in [1.82, 2.24) is 4.90 Å². The van der Waals surface area contributed by atoms with Crippen LogP contribution in [0.1, 0.15) is 23.6 Å². The molecule has 0 bridgehead atoms. The van der Waals surface area contributed by atoms with E-state index in [0.717, 1.165) is 0 Å². The Hall–Kier alpha value is -3.13. The molecule has 1 amide bonds. The molecule has 3 rings (SSSR count). The lowest BCUT2D eigenvalue weighted by Gasteiger charge is -2.30. The van der Waals surface area contributed by atoms with Gasteiger partial charge in [-0.15, -0.1) is 0 Å². The molecule has 1 aliphatic heterocycles. The highest BCUT2D eigenvalue weighted by molar-refractivity contribution is 5.78. The minimum absolute atomic E-state index is 0.138. The van der Waals surface area contributed by atoms with Crippen LogP contribution in [0.15, 0.2) is 30.3 Å². The van der Waals surface area contributed by atoms with Gasteiger partial charge in [0.25, 0.3) is 0 Å². The van der Waals surface area contributed by atoms with Crippen LogP contribution in [-0.2, 0) is 33.7 Å². The van der Waals surface area contributed by atoms with E-state index < -0.39 is 12.1 Å². The van der Waals surface area contributed by atoms with E-state index in [1.165, 1.54) is 18.1 Å². The quantitative estimate of drug-likeness (QED) is 0.642. The maximum Gasteiger partial charge on any atom is 0.410 e. The van der Waals surface area contributed by atoms with Crippen LogP contribution in [0.5, 0.6) is 5.75 Å². The third-order valence-electron chi connectivity index (χ3n) is 5.12. The summed E-state index contributed by atoms with van der Waals surface area (Å²) in [7, 11) is 1.52. The fourth-order valence-electron chi connectivity index (χ4n) is 3.70. The number of rotatable bonds is 8. The highest BCUT2D eigenvalue weighted by atomic mass is 19.1. The van der Waals surface area contributed by atoms with Gasteiger partial charge in [0.2, 0.25) is 0 Å². The van der Waals surface area contributed by atoms with Crippen molar-refractivity contribution in [2.75, 3.05) is 33.5 Å². The molecule has 0 aromatic heterocycles. The summed E-state index contributed by atoms with van der Waals surface area (Å²) in [5.74, 6) is -0.697. The summed E-state index contributed by atoms with van der Waals surface area (Å²) in [4.78, 5) is 25.1. The Bertz CT molecular complexity index is 961. The first-order chi connectivity index (χ1) is 14.9. The molecule has 1 heterocycles. The number of carbonyl (C=O) groups excluding carboxylic acids is 1. The SMILES string of the molecule is CCOc1ccc(CC(=O)O)cc1-c1ccc(F)c2c1CN(C(=O)OCCOC)CC2. The average molecular weight is 431 g/mol. The van der Waals surface area contributed by atoms with Crippen molar-refractivity contribution in [2.45, 2.75) is 26.3 Å². The molecular formula is C23H26FNO6. The molecule has 0 unspecified atom stereocenters. The first-order valence-electron chi connectivity index (χ1n) is 10.1. The summed E-state index contributed by atoms with van der Waals surface area (Å²) in [5.41, 5.74) is 3.21. The normalized spacial score (nSPS) is 12.9. The van der Waals surface area contributed by atoms with E-state index in [-0.39, 0.29) is 25.4 Å². The molecule has 166 valence electrons. The Morgan fingerprint density at radius 1 is 1.13 bits per heavy atom. The van der Waals surface area contributed by atoms with Gasteiger partial charge in [-0.05, 0) is 53.8 Å². The van der Waals surface area contributed by atoms with E-state index in [9.17, 15) is 14.0 Å². The lowest BCUT2D eigenvalue weighted by molar-refractivity contribution is -0.136. The molecule has 0 saturated carbocycles. The third kappa shape index (κ3) is 5.32. The molecule has 31 heavy (non-hydrogen) atoms. The molecule has 8 heteroatoms. The number of methoxy groups -OCH3 is 1. The van der Waals surface area contributed by atoms with Crippen LogP contribution in [0.2, 0.25) is 0 Å². The van der Waals surface area contributed by atoms with Crippen LogP contribution >= 0.6 is 0 Å². The van der Waals surface area contributed by atoms with Crippen molar-refractivity contribution in [3.8, 4) is 16.9 Å². The molecule has 0 atom stereocenters. The van der Waals surface area contributed by atoms with Crippen LogP contribution < -0.4 is 4.74 Å². The van der Waals surface area contributed by atoms with E-state index in [4.69, 9.17) is 19.3 Å². The van der Waals surface area contributed by atoms with E-state index >= 15 is 0 Å². The Morgan fingerprint density at radius 2 is 1.94 bits per heavy atom. The summed E-state index contributed by atoms with van der Waals surface area (Å²) >= 11 is 0. The molecule has 1 aliphatic rings. The zero-order valence-electron chi connectivity index (χ0n) is 17.7. The topological polar surface area (TPSA) is 85.3 Å². The second kappa shape index (κ2) is 10.3. The minimum atomic E-state index is -0.943. The van der Waals surface area contributed by atoms with E-state index in [2.05, 4.69) is 0 Å². The molecule has 0 saturated heterocycles. The van der Waals surface area contributed by atoms with E-state index in [1.807, 2.05) is 6.92 Å². The zero-order chi connectivity index (χ0) is 22.4. The highest BCUT2D eigenvalue weighted by Gasteiger charge is 2.27.